The summed E-state index contributed by atoms with van der Waals surface area (Å²) in [6, 6.07) is 0.331. The van der Waals surface area contributed by atoms with Crippen LogP contribution < -0.4 is 5.32 Å². The molecule has 0 spiro atoms. The molecule has 0 aromatic heterocycles. The Morgan fingerprint density at radius 2 is 2.05 bits per heavy atom. The summed E-state index contributed by atoms with van der Waals surface area (Å²) in [5.41, 5.74) is 0. The Bertz CT molecular complexity index is 331. The maximum atomic E-state index is 11.6. The van der Waals surface area contributed by atoms with E-state index >= 15 is 0 Å². The molecule has 5 heteroatoms. The summed E-state index contributed by atoms with van der Waals surface area (Å²) in [4.78, 5) is 24.8. The molecule has 1 heterocycles. The molecule has 20 heavy (non-hydrogen) atoms. The first-order valence-corrected chi connectivity index (χ1v) is 7.48. The minimum atomic E-state index is -0.170. The molecule has 0 radical (unpaired) electrons. The summed E-state index contributed by atoms with van der Waals surface area (Å²) in [5, 5.41) is 3.53. The molecule has 0 saturated carbocycles. The second-order valence-electron chi connectivity index (χ2n) is 6.14. The predicted octanol–water partition coefficient (Wildman–Crippen LogP) is 1.42. The number of rotatable bonds is 6. The fourth-order valence-electron chi connectivity index (χ4n) is 2.64. The van der Waals surface area contributed by atoms with Crippen molar-refractivity contribution in [3.8, 4) is 0 Å². The van der Waals surface area contributed by atoms with Crippen molar-refractivity contribution in [1.82, 2.24) is 10.2 Å². The third kappa shape index (κ3) is 5.90. The molecule has 1 saturated heterocycles. The van der Waals surface area contributed by atoms with Crippen LogP contribution in [0, 0.1) is 11.8 Å². The van der Waals surface area contributed by atoms with Crippen molar-refractivity contribution in [1.29, 1.82) is 0 Å². The van der Waals surface area contributed by atoms with E-state index in [2.05, 4.69) is 23.9 Å². The van der Waals surface area contributed by atoms with E-state index in [0.717, 1.165) is 32.5 Å². The maximum absolute atomic E-state index is 11.6. The van der Waals surface area contributed by atoms with Crippen LogP contribution in [-0.4, -0.2) is 49.6 Å². The van der Waals surface area contributed by atoms with Gasteiger partial charge in [-0.3, -0.25) is 9.59 Å². The molecule has 0 bridgehead atoms. The third-order valence-corrected chi connectivity index (χ3v) is 3.78. The number of ether oxygens (including phenoxy) is 1. The number of likely N-dealkylation sites (tertiary alicyclic amines) is 1. The molecule has 1 aliphatic rings. The third-order valence-electron chi connectivity index (χ3n) is 3.78. The highest BCUT2D eigenvalue weighted by Crippen LogP contribution is 2.22. The van der Waals surface area contributed by atoms with Gasteiger partial charge >= 0.3 is 5.97 Å². The van der Waals surface area contributed by atoms with Crippen LogP contribution in [0.15, 0.2) is 0 Å². The number of carbonyl (C=O) groups excluding carboxylic acids is 2. The molecule has 116 valence electrons. The lowest BCUT2D eigenvalue weighted by Crippen LogP contribution is -2.51. The Kier molecular flexibility index (Phi) is 6.99. The fourth-order valence-corrected chi connectivity index (χ4v) is 2.64. The quantitative estimate of drug-likeness (QED) is 0.750. The van der Waals surface area contributed by atoms with Crippen LogP contribution in [-0.2, 0) is 14.3 Å². The maximum Gasteiger partial charge on any atom is 0.305 e. The zero-order valence-electron chi connectivity index (χ0n) is 13.1. The number of nitrogens with zero attached hydrogens (tertiary/aromatic N) is 1. The van der Waals surface area contributed by atoms with Crippen molar-refractivity contribution >= 4 is 11.9 Å². The second kappa shape index (κ2) is 8.25. The lowest BCUT2D eigenvalue weighted by atomic mass is 9.90. The largest absolute Gasteiger partial charge is 0.469 e. The fraction of sp³-hybridized carbons (Fsp3) is 0.867. The molecule has 2 unspecified atom stereocenters. The highest BCUT2D eigenvalue weighted by Gasteiger charge is 2.28. The van der Waals surface area contributed by atoms with Crippen molar-refractivity contribution in [2.24, 2.45) is 11.8 Å². The van der Waals surface area contributed by atoms with E-state index < -0.39 is 0 Å². The molecule has 5 nitrogen and oxygen atoms in total. The number of hydrogen-bond acceptors (Lipinski definition) is 4. The van der Waals surface area contributed by atoms with Gasteiger partial charge in [-0.05, 0) is 31.2 Å². The number of carbonyl (C=O) groups is 2. The van der Waals surface area contributed by atoms with Gasteiger partial charge in [-0.2, -0.15) is 0 Å². The van der Waals surface area contributed by atoms with E-state index in [1.54, 1.807) is 6.92 Å². The molecule has 1 amide bonds. The zero-order valence-corrected chi connectivity index (χ0v) is 13.1. The van der Waals surface area contributed by atoms with E-state index in [0.29, 0.717) is 24.3 Å². The van der Waals surface area contributed by atoms with Gasteiger partial charge in [0.05, 0.1) is 7.11 Å². The first-order chi connectivity index (χ1) is 9.42. The monoisotopic (exact) mass is 284 g/mol. The van der Waals surface area contributed by atoms with Gasteiger partial charge in [-0.1, -0.05) is 13.8 Å². The summed E-state index contributed by atoms with van der Waals surface area (Å²) < 4.78 is 4.69. The Morgan fingerprint density at radius 3 is 2.60 bits per heavy atom. The van der Waals surface area contributed by atoms with Gasteiger partial charge in [0.25, 0.3) is 0 Å². The highest BCUT2D eigenvalue weighted by molar-refractivity contribution is 5.73. The van der Waals surface area contributed by atoms with Crippen LogP contribution in [0.25, 0.3) is 0 Å². The number of piperidine rings is 1. The number of hydrogen-bond donors (Lipinski definition) is 1. The van der Waals surface area contributed by atoms with E-state index in [1.165, 1.54) is 7.11 Å². The molecule has 1 rings (SSSR count). The van der Waals surface area contributed by atoms with Crippen molar-refractivity contribution in [3.63, 3.8) is 0 Å². The van der Waals surface area contributed by atoms with Crippen LogP contribution >= 0.6 is 0 Å². The molecule has 2 atom stereocenters. The van der Waals surface area contributed by atoms with Gasteiger partial charge in [-0.15, -0.1) is 0 Å². The topological polar surface area (TPSA) is 58.6 Å². The average Bonchev–Trinajstić information content (AvgIpc) is 2.42. The van der Waals surface area contributed by atoms with Crippen molar-refractivity contribution < 1.29 is 14.3 Å². The van der Waals surface area contributed by atoms with Gasteiger partial charge in [-0.25, -0.2) is 0 Å². The first-order valence-electron chi connectivity index (χ1n) is 7.48. The summed E-state index contributed by atoms with van der Waals surface area (Å²) in [7, 11) is 1.41. The van der Waals surface area contributed by atoms with Crippen LogP contribution in [0.5, 0.6) is 0 Å². The molecule has 0 aromatic rings. The molecule has 0 aliphatic carbocycles. The van der Waals surface area contributed by atoms with E-state index in [4.69, 9.17) is 0 Å². The van der Waals surface area contributed by atoms with E-state index in [9.17, 15) is 9.59 Å². The molecular weight excluding hydrogens is 256 g/mol. The molecular formula is C15H28N2O3. The van der Waals surface area contributed by atoms with Crippen LogP contribution in [0.2, 0.25) is 0 Å². The van der Waals surface area contributed by atoms with Crippen LogP contribution in [0.4, 0.5) is 0 Å². The average molecular weight is 284 g/mol. The van der Waals surface area contributed by atoms with E-state index in [-0.39, 0.29) is 11.9 Å². The number of nitrogens with one attached hydrogen (secondary N) is 1. The predicted molar refractivity (Wildman–Crippen MR) is 78.2 cm³/mol. The molecule has 1 fully saturated rings. The summed E-state index contributed by atoms with van der Waals surface area (Å²) in [6.45, 7) is 8.45. The normalized spacial score (nSPS) is 22.9. The van der Waals surface area contributed by atoms with Gasteiger partial charge < -0.3 is 15.0 Å². The lowest BCUT2D eigenvalue weighted by Gasteiger charge is -2.38. The van der Waals surface area contributed by atoms with Crippen LogP contribution in [0.1, 0.15) is 40.0 Å². The van der Waals surface area contributed by atoms with Crippen molar-refractivity contribution in [2.45, 2.75) is 46.1 Å². The number of esters is 1. The Labute approximate surface area is 122 Å². The lowest BCUT2D eigenvalue weighted by molar-refractivity contribution is -0.141. The van der Waals surface area contributed by atoms with Gasteiger partial charge in [0.2, 0.25) is 5.91 Å². The Morgan fingerprint density at radius 1 is 1.35 bits per heavy atom. The summed E-state index contributed by atoms with van der Waals surface area (Å²) >= 11 is 0. The Balaban J connectivity index is 2.51. The zero-order chi connectivity index (χ0) is 15.1. The van der Waals surface area contributed by atoms with Crippen LogP contribution in [0.3, 0.4) is 0 Å². The van der Waals surface area contributed by atoms with Crippen molar-refractivity contribution in [3.05, 3.63) is 0 Å². The summed E-state index contributed by atoms with van der Waals surface area (Å²) in [6.07, 6.45) is 2.24. The highest BCUT2D eigenvalue weighted by atomic mass is 16.5. The smallest absolute Gasteiger partial charge is 0.305 e. The van der Waals surface area contributed by atoms with Crippen molar-refractivity contribution in [2.75, 3.05) is 26.7 Å². The van der Waals surface area contributed by atoms with Gasteiger partial charge in [0.1, 0.15) is 0 Å². The van der Waals surface area contributed by atoms with Gasteiger partial charge in [0.15, 0.2) is 0 Å². The minimum Gasteiger partial charge on any atom is -0.469 e. The minimum absolute atomic E-state index is 0.115. The number of amides is 1. The second-order valence-corrected chi connectivity index (χ2v) is 6.14. The molecule has 0 aromatic carbocycles. The number of methoxy groups -OCH3 is 1. The standard InChI is InChI=1S/C15H28N2O3/c1-11(2)8-16-14-7-13(5-6-15(19)20-4)9-17(10-14)12(3)18/h11,13-14,16H,5-10H2,1-4H3. The SMILES string of the molecule is COC(=O)CCC1CC(NCC(C)C)CN(C(C)=O)C1. The Hall–Kier alpha value is -1.10. The molecule has 1 N–H and O–H groups in total. The van der Waals surface area contributed by atoms with Gasteiger partial charge in [0, 0.05) is 32.5 Å². The summed E-state index contributed by atoms with van der Waals surface area (Å²) in [5.74, 6) is 0.911. The molecule has 1 aliphatic heterocycles. The van der Waals surface area contributed by atoms with E-state index in [1.807, 2.05) is 4.90 Å². The first kappa shape index (κ1) is 17.0.